The monoisotopic (exact) mass is 432 g/mol. The van der Waals surface area contributed by atoms with Crippen molar-refractivity contribution in [3.05, 3.63) is 102 Å². The topological polar surface area (TPSA) is 91.7 Å². The molecule has 1 aromatic heterocycles. The maximum absolute atomic E-state index is 14.3. The number of aromatic nitrogens is 1. The first-order valence-corrected chi connectivity index (χ1v) is 10.0. The lowest BCUT2D eigenvalue weighted by atomic mass is 10.00. The van der Waals surface area contributed by atoms with Gasteiger partial charge < -0.3 is 20.3 Å². The Morgan fingerprint density at radius 3 is 2.59 bits per heavy atom. The number of aliphatic hydroxyl groups is 1. The minimum atomic E-state index is -1.85. The average molecular weight is 432 g/mol. The van der Waals surface area contributed by atoms with E-state index in [0.717, 1.165) is 16.6 Å². The number of carbonyl (C=O) groups is 1. The van der Waals surface area contributed by atoms with Crippen molar-refractivity contribution in [1.29, 1.82) is 0 Å². The summed E-state index contributed by atoms with van der Waals surface area (Å²) in [6.07, 6.45) is -1.85. The van der Waals surface area contributed by atoms with E-state index in [0.29, 0.717) is 11.4 Å². The molecule has 6 nitrogen and oxygen atoms in total. The SMILES string of the molecule is O=C(O)[C@@H](O)[C@@H](Nc1cccc(OCc2ccc3ccccc3n2)c1)c1ccccc1F. The summed E-state index contributed by atoms with van der Waals surface area (Å²) in [7, 11) is 0. The molecule has 1 heterocycles. The molecule has 0 saturated heterocycles. The van der Waals surface area contributed by atoms with Gasteiger partial charge in [-0.1, -0.05) is 48.5 Å². The lowest BCUT2D eigenvalue weighted by Crippen LogP contribution is -2.33. The Morgan fingerprint density at radius 1 is 1.00 bits per heavy atom. The molecule has 0 fully saturated rings. The fraction of sp³-hybridized carbons (Fsp3) is 0.120. The summed E-state index contributed by atoms with van der Waals surface area (Å²) >= 11 is 0. The number of fused-ring (bicyclic) bond motifs is 1. The first-order chi connectivity index (χ1) is 15.5. The quantitative estimate of drug-likeness (QED) is 0.378. The van der Waals surface area contributed by atoms with E-state index < -0.39 is 23.9 Å². The minimum absolute atomic E-state index is 0.0501. The van der Waals surface area contributed by atoms with Crippen LogP contribution in [0.4, 0.5) is 10.1 Å². The molecule has 0 bridgehead atoms. The molecule has 0 amide bonds. The average Bonchev–Trinajstić information content (AvgIpc) is 2.81. The number of aliphatic hydroxyl groups excluding tert-OH is 1. The first-order valence-electron chi connectivity index (χ1n) is 10.0. The van der Waals surface area contributed by atoms with Crippen LogP contribution in [0.5, 0.6) is 5.75 Å². The molecule has 0 saturated carbocycles. The second-order valence-electron chi connectivity index (χ2n) is 7.24. The molecule has 32 heavy (non-hydrogen) atoms. The van der Waals surface area contributed by atoms with Crippen LogP contribution < -0.4 is 10.1 Å². The molecule has 0 unspecified atom stereocenters. The minimum Gasteiger partial charge on any atom is -0.487 e. The predicted molar refractivity (Wildman–Crippen MR) is 119 cm³/mol. The Kier molecular flexibility index (Phi) is 6.28. The number of hydrogen-bond acceptors (Lipinski definition) is 5. The standard InChI is InChI=1S/C25H21FN2O4/c26-21-10-3-2-9-20(21)23(24(29)25(30)31)28-17-7-5-8-19(14-17)32-15-18-13-12-16-6-1-4-11-22(16)27-18/h1-14,23-24,28-29H,15H2,(H,30,31)/t23-,24-/m0/s1. The number of hydrogen-bond donors (Lipinski definition) is 3. The molecule has 0 aliphatic heterocycles. The molecule has 7 heteroatoms. The van der Waals surface area contributed by atoms with E-state index in [9.17, 15) is 19.4 Å². The molecular weight excluding hydrogens is 411 g/mol. The smallest absolute Gasteiger partial charge is 0.335 e. The van der Waals surface area contributed by atoms with Crippen LogP contribution in [0.1, 0.15) is 17.3 Å². The predicted octanol–water partition coefficient (Wildman–Crippen LogP) is 4.55. The molecule has 0 radical (unpaired) electrons. The van der Waals surface area contributed by atoms with E-state index in [1.165, 1.54) is 18.2 Å². The van der Waals surface area contributed by atoms with Crippen molar-refractivity contribution in [2.45, 2.75) is 18.8 Å². The molecule has 2 atom stereocenters. The molecule has 0 aliphatic rings. The lowest BCUT2D eigenvalue weighted by Gasteiger charge is -2.23. The van der Waals surface area contributed by atoms with Crippen LogP contribution in [0.25, 0.3) is 10.9 Å². The van der Waals surface area contributed by atoms with Crippen LogP contribution in [-0.4, -0.2) is 27.3 Å². The fourth-order valence-electron chi connectivity index (χ4n) is 3.40. The number of carboxylic acid groups (broad SMARTS) is 1. The van der Waals surface area contributed by atoms with Crippen molar-refractivity contribution >= 4 is 22.6 Å². The van der Waals surface area contributed by atoms with Gasteiger partial charge >= 0.3 is 5.97 Å². The van der Waals surface area contributed by atoms with Gasteiger partial charge in [-0.3, -0.25) is 0 Å². The third kappa shape index (κ3) is 4.84. The highest BCUT2D eigenvalue weighted by Gasteiger charge is 2.29. The van der Waals surface area contributed by atoms with Crippen molar-refractivity contribution in [2.24, 2.45) is 0 Å². The number of benzene rings is 3. The Balaban J connectivity index is 1.51. The number of pyridine rings is 1. The maximum atomic E-state index is 14.3. The molecule has 3 N–H and O–H groups in total. The van der Waals surface area contributed by atoms with Crippen LogP contribution >= 0.6 is 0 Å². The van der Waals surface area contributed by atoms with Gasteiger partial charge in [0.2, 0.25) is 0 Å². The van der Waals surface area contributed by atoms with Crippen LogP contribution in [0.2, 0.25) is 0 Å². The van der Waals surface area contributed by atoms with Crippen molar-refractivity contribution in [3.8, 4) is 5.75 Å². The van der Waals surface area contributed by atoms with Crippen LogP contribution in [0.3, 0.4) is 0 Å². The van der Waals surface area contributed by atoms with Gasteiger partial charge in [0.15, 0.2) is 6.10 Å². The summed E-state index contributed by atoms with van der Waals surface area (Å²) in [4.78, 5) is 16.0. The molecule has 0 spiro atoms. The van der Waals surface area contributed by atoms with Gasteiger partial charge in [-0.05, 0) is 30.3 Å². The Morgan fingerprint density at radius 2 is 1.78 bits per heavy atom. The zero-order valence-corrected chi connectivity index (χ0v) is 17.0. The van der Waals surface area contributed by atoms with E-state index in [-0.39, 0.29) is 12.2 Å². The number of rotatable bonds is 8. The van der Waals surface area contributed by atoms with Gasteiger partial charge in [-0.2, -0.15) is 0 Å². The number of aliphatic carboxylic acids is 1. The summed E-state index contributed by atoms with van der Waals surface area (Å²) in [5.74, 6) is -1.55. The van der Waals surface area contributed by atoms with E-state index in [4.69, 9.17) is 4.74 Å². The van der Waals surface area contributed by atoms with Gasteiger partial charge in [0.1, 0.15) is 18.2 Å². The Hall–Kier alpha value is -3.97. The highest BCUT2D eigenvalue weighted by Crippen LogP contribution is 2.27. The highest BCUT2D eigenvalue weighted by molar-refractivity contribution is 5.78. The second-order valence-corrected chi connectivity index (χ2v) is 7.24. The summed E-state index contributed by atoms with van der Waals surface area (Å²) in [5.41, 5.74) is 2.16. The first kappa shape index (κ1) is 21.3. The number of carboxylic acids is 1. The number of nitrogens with one attached hydrogen (secondary N) is 1. The van der Waals surface area contributed by atoms with Gasteiger partial charge in [0.25, 0.3) is 0 Å². The van der Waals surface area contributed by atoms with Crippen LogP contribution in [0.15, 0.2) is 84.9 Å². The Bertz CT molecular complexity index is 1250. The normalized spacial score (nSPS) is 12.8. The summed E-state index contributed by atoms with van der Waals surface area (Å²) in [5, 5.41) is 23.4. The summed E-state index contributed by atoms with van der Waals surface area (Å²) < 4.78 is 20.1. The van der Waals surface area contributed by atoms with E-state index in [1.54, 1.807) is 30.3 Å². The largest absolute Gasteiger partial charge is 0.487 e. The number of halogens is 1. The lowest BCUT2D eigenvalue weighted by molar-refractivity contribution is -0.147. The molecule has 3 aromatic carbocycles. The third-order valence-electron chi connectivity index (χ3n) is 5.01. The van der Waals surface area contributed by atoms with Gasteiger partial charge in [-0.15, -0.1) is 0 Å². The van der Waals surface area contributed by atoms with Crippen LogP contribution in [0, 0.1) is 5.82 Å². The van der Waals surface area contributed by atoms with E-state index in [2.05, 4.69) is 10.3 Å². The molecule has 4 aromatic rings. The van der Waals surface area contributed by atoms with Crippen molar-refractivity contribution in [3.63, 3.8) is 0 Å². The molecule has 0 aliphatic carbocycles. The van der Waals surface area contributed by atoms with Gasteiger partial charge in [-0.25, -0.2) is 14.2 Å². The summed E-state index contributed by atoms with van der Waals surface area (Å²) in [6.45, 7) is 0.239. The van der Waals surface area contributed by atoms with E-state index in [1.807, 2.05) is 36.4 Å². The number of anilines is 1. The summed E-state index contributed by atoms with van der Waals surface area (Å²) in [6, 6.07) is 23.0. The molecular formula is C25H21FN2O4. The number of ether oxygens (including phenoxy) is 1. The zero-order chi connectivity index (χ0) is 22.5. The van der Waals surface area contributed by atoms with Crippen molar-refractivity contribution in [2.75, 3.05) is 5.32 Å². The maximum Gasteiger partial charge on any atom is 0.335 e. The van der Waals surface area contributed by atoms with Crippen molar-refractivity contribution in [1.82, 2.24) is 4.98 Å². The second kappa shape index (κ2) is 9.45. The molecule has 162 valence electrons. The highest BCUT2D eigenvalue weighted by atomic mass is 19.1. The van der Waals surface area contributed by atoms with Crippen LogP contribution in [-0.2, 0) is 11.4 Å². The number of nitrogens with zero attached hydrogens (tertiary/aromatic N) is 1. The fourth-order valence-corrected chi connectivity index (χ4v) is 3.40. The van der Waals surface area contributed by atoms with Gasteiger partial charge in [0.05, 0.1) is 17.3 Å². The van der Waals surface area contributed by atoms with E-state index >= 15 is 0 Å². The third-order valence-corrected chi connectivity index (χ3v) is 5.01. The Labute approximate surface area is 183 Å². The number of para-hydroxylation sites is 1. The van der Waals surface area contributed by atoms with Gasteiger partial charge in [0, 0.05) is 22.7 Å². The molecule has 4 rings (SSSR count). The van der Waals surface area contributed by atoms with Crippen molar-refractivity contribution < 1.29 is 24.1 Å². The zero-order valence-electron chi connectivity index (χ0n) is 17.0.